The molecule has 25 heavy (non-hydrogen) atoms. The quantitative estimate of drug-likeness (QED) is 0.875. The second kappa shape index (κ2) is 8.06. The van der Waals surface area contributed by atoms with E-state index in [9.17, 15) is 4.79 Å². The molecule has 2 fully saturated rings. The number of nitrogens with zero attached hydrogens (tertiary/aromatic N) is 2. The number of carbonyl (C=O) groups is 1. The van der Waals surface area contributed by atoms with Gasteiger partial charge in [0.2, 0.25) is 0 Å². The Balaban J connectivity index is 1.51. The van der Waals surface area contributed by atoms with Gasteiger partial charge < -0.3 is 25.2 Å². The van der Waals surface area contributed by atoms with Crippen molar-refractivity contribution in [3.63, 3.8) is 0 Å². The minimum atomic E-state index is -0.127. The second-order valence-electron chi connectivity index (χ2n) is 7.19. The van der Waals surface area contributed by atoms with Crippen LogP contribution in [0.5, 0.6) is 0 Å². The van der Waals surface area contributed by atoms with Crippen LogP contribution in [-0.2, 0) is 4.74 Å². The first-order valence-electron chi connectivity index (χ1n) is 9.25. The first-order chi connectivity index (χ1) is 12.0. The lowest BCUT2D eigenvalue weighted by Gasteiger charge is -2.34. The molecule has 2 amide bonds. The van der Waals surface area contributed by atoms with E-state index < -0.39 is 0 Å². The van der Waals surface area contributed by atoms with Gasteiger partial charge >= 0.3 is 6.03 Å². The number of urea groups is 1. The molecule has 2 N–H and O–H groups in total. The van der Waals surface area contributed by atoms with E-state index in [1.807, 2.05) is 13.8 Å². The molecular formula is C19H30N4O2. The topological polar surface area (TPSA) is 56.8 Å². The molecule has 0 aromatic heterocycles. The highest BCUT2D eigenvalue weighted by Gasteiger charge is 2.26. The lowest BCUT2D eigenvalue weighted by Crippen LogP contribution is -2.45. The number of carbonyl (C=O) groups excluding carboxylic acids is 1. The molecule has 6 nitrogen and oxygen atoms in total. The number of hydrogen-bond donors (Lipinski definition) is 2. The normalized spacial score (nSPS) is 25.6. The Labute approximate surface area is 150 Å². The van der Waals surface area contributed by atoms with Gasteiger partial charge in [-0.05, 0) is 45.0 Å². The van der Waals surface area contributed by atoms with Crippen molar-refractivity contribution >= 4 is 11.7 Å². The second-order valence-corrected chi connectivity index (χ2v) is 7.19. The summed E-state index contributed by atoms with van der Waals surface area (Å²) in [5.74, 6) is 0. The molecule has 1 aromatic carbocycles. The first kappa shape index (κ1) is 18.0. The molecule has 1 aromatic rings. The van der Waals surface area contributed by atoms with Gasteiger partial charge in [-0.1, -0.05) is 12.1 Å². The number of nitrogens with one attached hydrogen (secondary N) is 2. The third kappa shape index (κ3) is 4.64. The molecule has 0 bridgehead atoms. The minimum Gasteiger partial charge on any atom is -0.376 e. The summed E-state index contributed by atoms with van der Waals surface area (Å²) in [6.45, 7) is 9.06. The maximum absolute atomic E-state index is 12.2. The average molecular weight is 346 g/mol. The van der Waals surface area contributed by atoms with Crippen LogP contribution in [0.25, 0.3) is 0 Å². The van der Waals surface area contributed by atoms with Gasteiger partial charge in [0.15, 0.2) is 0 Å². The van der Waals surface area contributed by atoms with Gasteiger partial charge in [-0.3, -0.25) is 0 Å². The minimum absolute atomic E-state index is 0.0285. The summed E-state index contributed by atoms with van der Waals surface area (Å²) in [6.07, 6.45) is 0.965. The molecule has 0 saturated carbocycles. The van der Waals surface area contributed by atoms with Crippen LogP contribution in [0.3, 0.4) is 0 Å². The van der Waals surface area contributed by atoms with E-state index >= 15 is 0 Å². The fourth-order valence-electron chi connectivity index (χ4n) is 3.45. The van der Waals surface area contributed by atoms with Gasteiger partial charge in [-0.15, -0.1) is 0 Å². The van der Waals surface area contributed by atoms with Crippen molar-refractivity contribution in [1.29, 1.82) is 0 Å². The van der Waals surface area contributed by atoms with E-state index in [1.165, 1.54) is 5.69 Å². The van der Waals surface area contributed by atoms with Crippen molar-refractivity contribution in [2.75, 3.05) is 44.7 Å². The van der Waals surface area contributed by atoms with Crippen molar-refractivity contribution in [1.82, 2.24) is 15.5 Å². The molecule has 138 valence electrons. The Morgan fingerprint density at radius 2 is 1.88 bits per heavy atom. The molecule has 2 heterocycles. The highest BCUT2D eigenvalue weighted by molar-refractivity contribution is 5.74. The standard InChI is InChI=1S/C19H30N4O2/c1-14(20-19(24)21-18-8-13-25-15(18)2)16-4-6-17(7-5-16)23-11-9-22(3)10-12-23/h4-7,14-15,18H,8-13H2,1-3H3,(H2,20,21,24)/t14-,15-,18+/m0/s1. The van der Waals surface area contributed by atoms with Gasteiger partial charge in [-0.2, -0.15) is 0 Å². The lowest BCUT2D eigenvalue weighted by atomic mass is 10.1. The summed E-state index contributed by atoms with van der Waals surface area (Å²) in [5, 5.41) is 6.03. The number of amides is 2. The average Bonchev–Trinajstić information content (AvgIpc) is 3.00. The van der Waals surface area contributed by atoms with Crippen LogP contribution < -0.4 is 15.5 Å². The van der Waals surface area contributed by atoms with E-state index in [4.69, 9.17) is 4.74 Å². The molecule has 2 aliphatic heterocycles. The maximum atomic E-state index is 12.2. The van der Waals surface area contributed by atoms with Crippen LogP contribution in [0.15, 0.2) is 24.3 Å². The molecule has 2 aliphatic rings. The zero-order valence-electron chi connectivity index (χ0n) is 15.5. The van der Waals surface area contributed by atoms with Crippen LogP contribution in [0.4, 0.5) is 10.5 Å². The molecule has 0 unspecified atom stereocenters. The Hall–Kier alpha value is -1.79. The maximum Gasteiger partial charge on any atom is 0.315 e. The third-order valence-corrected chi connectivity index (χ3v) is 5.30. The van der Waals surface area contributed by atoms with Crippen molar-refractivity contribution in [3.8, 4) is 0 Å². The van der Waals surface area contributed by atoms with Crippen LogP contribution in [0.2, 0.25) is 0 Å². The highest BCUT2D eigenvalue weighted by atomic mass is 16.5. The van der Waals surface area contributed by atoms with E-state index in [0.717, 1.165) is 44.8 Å². The van der Waals surface area contributed by atoms with Crippen molar-refractivity contribution < 1.29 is 9.53 Å². The number of ether oxygens (including phenoxy) is 1. The van der Waals surface area contributed by atoms with Crippen molar-refractivity contribution in [2.24, 2.45) is 0 Å². The first-order valence-corrected chi connectivity index (χ1v) is 9.25. The van der Waals surface area contributed by atoms with E-state index in [-0.39, 0.29) is 24.2 Å². The molecule has 3 atom stereocenters. The number of benzene rings is 1. The molecule has 3 rings (SSSR count). The third-order valence-electron chi connectivity index (χ3n) is 5.30. The Morgan fingerprint density at radius 3 is 2.48 bits per heavy atom. The van der Waals surface area contributed by atoms with Gasteiger partial charge in [0.1, 0.15) is 0 Å². The van der Waals surface area contributed by atoms with Gasteiger partial charge in [-0.25, -0.2) is 4.79 Å². The van der Waals surface area contributed by atoms with Gasteiger partial charge in [0.25, 0.3) is 0 Å². The molecule has 0 spiro atoms. The highest BCUT2D eigenvalue weighted by Crippen LogP contribution is 2.20. The summed E-state index contributed by atoms with van der Waals surface area (Å²) in [6, 6.07) is 8.48. The zero-order chi connectivity index (χ0) is 17.8. The van der Waals surface area contributed by atoms with Crippen LogP contribution in [0, 0.1) is 0 Å². The SMILES string of the molecule is C[C@H](NC(=O)N[C@@H]1CCO[C@H]1C)c1ccc(N2CCN(C)CC2)cc1. The molecule has 0 aliphatic carbocycles. The van der Waals surface area contributed by atoms with Crippen LogP contribution in [0.1, 0.15) is 31.9 Å². The summed E-state index contributed by atoms with van der Waals surface area (Å²) < 4.78 is 5.48. The van der Waals surface area contributed by atoms with Crippen LogP contribution in [-0.4, -0.2) is 62.9 Å². The largest absolute Gasteiger partial charge is 0.376 e. The Morgan fingerprint density at radius 1 is 1.20 bits per heavy atom. The zero-order valence-corrected chi connectivity index (χ0v) is 15.5. The van der Waals surface area contributed by atoms with Crippen LogP contribution >= 0.6 is 0 Å². The summed E-state index contributed by atoms with van der Waals surface area (Å²) in [4.78, 5) is 16.9. The van der Waals surface area contributed by atoms with E-state index in [0.29, 0.717) is 0 Å². The predicted octanol–water partition coefficient (Wildman–Crippen LogP) is 1.98. The molecule has 6 heteroatoms. The summed E-state index contributed by atoms with van der Waals surface area (Å²) >= 11 is 0. The number of likely N-dealkylation sites (N-methyl/N-ethyl adjacent to an activating group) is 1. The number of rotatable bonds is 4. The summed E-state index contributed by atoms with van der Waals surface area (Å²) in [5.41, 5.74) is 2.37. The molecule has 0 radical (unpaired) electrons. The number of hydrogen-bond acceptors (Lipinski definition) is 4. The van der Waals surface area contributed by atoms with E-state index in [2.05, 4.69) is 51.7 Å². The monoisotopic (exact) mass is 346 g/mol. The van der Waals surface area contributed by atoms with E-state index in [1.54, 1.807) is 0 Å². The van der Waals surface area contributed by atoms with Crippen molar-refractivity contribution in [3.05, 3.63) is 29.8 Å². The predicted molar refractivity (Wildman–Crippen MR) is 100 cm³/mol. The summed E-state index contributed by atoms with van der Waals surface area (Å²) in [7, 11) is 2.16. The molecule has 2 saturated heterocycles. The van der Waals surface area contributed by atoms with Gasteiger partial charge in [0, 0.05) is 38.5 Å². The lowest BCUT2D eigenvalue weighted by molar-refractivity contribution is 0.114. The molecular weight excluding hydrogens is 316 g/mol. The number of anilines is 1. The Bertz CT molecular complexity index is 569. The van der Waals surface area contributed by atoms with Gasteiger partial charge in [0.05, 0.1) is 18.2 Å². The smallest absolute Gasteiger partial charge is 0.315 e. The number of piperazine rings is 1. The fourth-order valence-corrected chi connectivity index (χ4v) is 3.45. The Kier molecular flexibility index (Phi) is 5.81. The van der Waals surface area contributed by atoms with Crippen molar-refractivity contribution in [2.45, 2.75) is 38.5 Å². The fraction of sp³-hybridized carbons (Fsp3) is 0.632.